The van der Waals surface area contributed by atoms with Gasteiger partial charge in [0.05, 0.1) is 26.4 Å². The molecule has 0 heterocycles. The molecular formula is C82H160O17P2. The van der Waals surface area contributed by atoms with Gasteiger partial charge in [-0.2, -0.15) is 0 Å². The number of hydrogen-bond donors (Lipinski definition) is 3. The molecule has 19 heteroatoms. The molecule has 3 N–H and O–H groups in total. The number of phosphoric acid groups is 2. The standard InChI is InChI=1S/C82H160O17P2/c1-7-9-11-13-15-17-19-20-25-29-36-42-48-54-60-66-81(86)98-77(70-92-79(84)64-58-52-46-40-18-16-14-12-10-8-2)72-96-100(88,89)94-68-76(83)69-95-101(90,91)97-73-78(71-93-80(85)65-59-53-47-41-35-32-31-34-39-45-51-57-63-75(5)6)99-82(87)67-61-55-49-43-37-30-27-24-22-21-23-26-28-33-38-44-50-56-62-74(3)4/h74-78,83H,7-73H2,1-6H3,(H,88,89)(H,90,91)/t76-,77+,78+/m0/s1. The van der Waals surface area contributed by atoms with Gasteiger partial charge in [0.15, 0.2) is 12.2 Å². The van der Waals surface area contributed by atoms with Gasteiger partial charge in [0.2, 0.25) is 0 Å². The molecule has 5 atom stereocenters. The Balaban J connectivity index is 5.22. The molecule has 600 valence electrons. The Morgan fingerprint density at radius 3 is 0.673 bits per heavy atom. The molecule has 0 spiro atoms. The molecule has 0 aromatic heterocycles. The van der Waals surface area contributed by atoms with E-state index in [9.17, 15) is 43.2 Å². The van der Waals surface area contributed by atoms with E-state index in [-0.39, 0.29) is 25.7 Å². The Bertz CT molecular complexity index is 1940. The lowest BCUT2D eigenvalue weighted by Crippen LogP contribution is -2.30. The van der Waals surface area contributed by atoms with E-state index in [2.05, 4.69) is 41.5 Å². The zero-order chi connectivity index (χ0) is 74.2. The van der Waals surface area contributed by atoms with Gasteiger partial charge in [-0.25, -0.2) is 9.13 Å². The second-order valence-electron chi connectivity index (χ2n) is 30.5. The van der Waals surface area contributed by atoms with Gasteiger partial charge in [0, 0.05) is 25.7 Å². The summed E-state index contributed by atoms with van der Waals surface area (Å²) in [6.07, 6.45) is 63.8. The maximum absolute atomic E-state index is 13.1. The first-order valence-corrected chi connectivity index (χ1v) is 45.5. The fraction of sp³-hybridized carbons (Fsp3) is 0.951. The number of carbonyl (C=O) groups is 4. The van der Waals surface area contributed by atoms with E-state index >= 15 is 0 Å². The molecule has 0 bridgehead atoms. The summed E-state index contributed by atoms with van der Waals surface area (Å²) in [5, 5.41) is 10.6. The number of aliphatic hydroxyl groups is 1. The first kappa shape index (κ1) is 99.1. The third-order valence-electron chi connectivity index (χ3n) is 19.2. The molecule has 0 rings (SSSR count). The normalized spacial score (nSPS) is 13.9. The van der Waals surface area contributed by atoms with E-state index < -0.39 is 97.5 Å². The van der Waals surface area contributed by atoms with Crippen LogP contribution in [0.1, 0.15) is 433 Å². The summed E-state index contributed by atoms with van der Waals surface area (Å²) in [6, 6.07) is 0. The van der Waals surface area contributed by atoms with Crippen LogP contribution in [0.15, 0.2) is 0 Å². The molecule has 0 fully saturated rings. The van der Waals surface area contributed by atoms with Crippen LogP contribution in [-0.4, -0.2) is 96.7 Å². The molecule has 0 aromatic rings. The van der Waals surface area contributed by atoms with Crippen molar-refractivity contribution in [3.63, 3.8) is 0 Å². The molecule has 0 aliphatic heterocycles. The molecule has 0 amide bonds. The topological polar surface area (TPSA) is 237 Å². The van der Waals surface area contributed by atoms with Crippen LogP contribution in [0.3, 0.4) is 0 Å². The van der Waals surface area contributed by atoms with E-state index in [1.165, 1.54) is 250 Å². The maximum atomic E-state index is 13.1. The minimum absolute atomic E-state index is 0.108. The maximum Gasteiger partial charge on any atom is 0.472 e. The molecular weight excluding hydrogens is 1320 g/mol. The second-order valence-corrected chi connectivity index (χ2v) is 33.4. The highest BCUT2D eigenvalue weighted by molar-refractivity contribution is 7.47. The predicted octanol–water partition coefficient (Wildman–Crippen LogP) is 24.7. The van der Waals surface area contributed by atoms with Gasteiger partial charge in [-0.3, -0.25) is 37.3 Å². The SMILES string of the molecule is CCCCCCCCCCCCCCCCCC(=O)O[C@H](COC(=O)CCCCCCCCCCCC)COP(=O)(O)OC[C@H](O)COP(=O)(O)OC[C@@H](COC(=O)CCCCCCCCCCCCCCC(C)C)OC(=O)CCCCCCCCCCCCCCCCCCCCC(C)C. The Labute approximate surface area is 619 Å². The summed E-state index contributed by atoms with van der Waals surface area (Å²) in [5.74, 6) is -0.504. The monoisotopic (exact) mass is 1480 g/mol. The van der Waals surface area contributed by atoms with Crippen molar-refractivity contribution in [2.75, 3.05) is 39.6 Å². The van der Waals surface area contributed by atoms with Crippen LogP contribution >= 0.6 is 15.6 Å². The summed E-state index contributed by atoms with van der Waals surface area (Å²) >= 11 is 0. The van der Waals surface area contributed by atoms with Gasteiger partial charge in [0.1, 0.15) is 19.3 Å². The van der Waals surface area contributed by atoms with Crippen LogP contribution in [0.5, 0.6) is 0 Å². The largest absolute Gasteiger partial charge is 0.472 e. The van der Waals surface area contributed by atoms with Crippen molar-refractivity contribution in [3.8, 4) is 0 Å². The van der Waals surface area contributed by atoms with Gasteiger partial charge in [-0.15, -0.1) is 0 Å². The number of ether oxygens (including phenoxy) is 4. The minimum atomic E-state index is -4.96. The van der Waals surface area contributed by atoms with E-state index in [4.69, 9.17) is 37.0 Å². The molecule has 101 heavy (non-hydrogen) atoms. The molecule has 17 nitrogen and oxygen atoms in total. The van der Waals surface area contributed by atoms with Crippen molar-refractivity contribution in [1.82, 2.24) is 0 Å². The van der Waals surface area contributed by atoms with Crippen molar-refractivity contribution >= 4 is 39.5 Å². The third-order valence-corrected chi connectivity index (χ3v) is 21.1. The van der Waals surface area contributed by atoms with Crippen molar-refractivity contribution in [2.45, 2.75) is 452 Å². The summed E-state index contributed by atoms with van der Waals surface area (Å²) in [7, 11) is -9.92. The van der Waals surface area contributed by atoms with E-state index in [1.54, 1.807) is 0 Å². The second kappa shape index (κ2) is 73.6. The minimum Gasteiger partial charge on any atom is -0.462 e. The van der Waals surface area contributed by atoms with Crippen LogP contribution in [0, 0.1) is 11.8 Å². The lowest BCUT2D eigenvalue weighted by molar-refractivity contribution is -0.161. The Kier molecular flexibility index (Phi) is 72.2. The number of unbranched alkanes of at least 4 members (excludes halogenated alkanes) is 51. The predicted molar refractivity (Wildman–Crippen MR) is 414 cm³/mol. The van der Waals surface area contributed by atoms with Crippen LogP contribution < -0.4 is 0 Å². The van der Waals surface area contributed by atoms with Gasteiger partial charge >= 0.3 is 39.5 Å². The molecule has 0 saturated heterocycles. The Morgan fingerprint density at radius 1 is 0.267 bits per heavy atom. The van der Waals surface area contributed by atoms with Gasteiger partial charge < -0.3 is 33.8 Å². The summed E-state index contributed by atoms with van der Waals surface area (Å²) in [6.45, 7) is 9.69. The smallest absolute Gasteiger partial charge is 0.462 e. The van der Waals surface area contributed by atoms with Crippen LogP contribution in [0.25, 0.3) is 0 Å². The van der Waals surface area contributed by atoms with Crippen molar-refractivity contribution in [3.05, 3.63) is 0 Å². The Hall–Kier alpha value is -1.94. The summed E-state index contributed by atoms with van der Waals surface area (Å²) < 4.78 is 68.7. The average Bonchev–Trinajstić information content (AvgIpc) is 0.962. The van der Waals surface area contributed by atoms with Crippen molar-refractivity contribution in [1.29, 1.82) is 0 Å². The number of aliphatic hydroxyl groups excluding tert-OH is 1. The number of carbonyl (C=O) groups excluding carboxylic acids is 4. The highest BCUT2D eigenvalue weighted by Crippen LogP contribution is 2.45. The number of phosphoric ester groups is 2. The highest BCUT2D eigenvalue weighted by atomic mass is 31.2. The molecule has 0 aliphatic carbocycles. The quantitative estimate of drug-likeness (QED) is 0.0222. The number of hydrogen-bond acceptors (Lipinski definition) is 15. The van der Waals surface area contributed by atoms with Crippen molar-refractivity contribution in [2.24, 2.45) is 11.8 Å². The third kappa shape index (κ3) is 76.1. The molecule has 2 unspecified atom stereocenters. The number of rotatable bonds is 81. The highest BCUT2D eigenvalue weighted by Gasteiger charge is 2.30. The van der Waals surface area contributed by atoms with Gasteiger partial charge in [0.25, 0.3) is 0 Å². The van der Waals surface area contributed by atoms with Crippen LogP contribution in [0.2, 0.25) is 0 Å². The summed E-state index contributed by atoms with van der Waals surface area (Å²) in [5.41, 5.74) is 0. The zero-order valence-electron chi connectivity index (χ0n) is 66.2. The fourth-order valence-electron chi connectivity index (χ4n) is 12.7. The lowest BCUT2D eigenvalue weighted by atomic mass is 10.0. The summed E-state index contributed by atoms with van der Waals surface area (Å²) in [4.78, 5) is 73.0. The fourth-order valence-corrected chi connectivity index (χ4v) is 14.3. The molecule has 0 radical (unpaired) electrons. The van der Waals surface area contributed by atoms with E-state index in [0.717, 1.165) is 102 Å². The van der Waals surface area contributed by atoms with Crippen LogP contribution in [-0.2, 0) is 65.4 Å². The first-order valence-electron chi connectivity index (χ1n) is 42.5. The van der Waals surface area contributed by atoms with E-state index in [1.807, 2.05) is 0 Å². The van der Waals surface area contributed by atoms with Gasteiger partial charge in [-0.05, 0) is 37.5 Å². The average molecular weight is 1480 g/mol. The first-order chi connectivity index (χ1) is 48.9. The van der Waals surface area contributed by atoms with Crippen molar-refractivity contribution < 1.29 is 80.2 Å². The Morgan fingerprint density at radius 2 is 0.455 bits per heavy atom. The molecule has 0 aliphatic rings. The number of esters is 4. The van der Waals surface area contributed by atoms with E-state index in [0.29, 0.717) is 25.7 Å². The zero-order valence-corrected chi connectivity index (χ0v) is 68.0. The molecule has 0 aromatic carbocycles. The van der Waals surface area contributed by atoms with Gasteiger partial charge in [-0.1, -0.05) is 382 Å². The van der Waals surface area contributed by atoms with Crippen LogP contribution in [0.4, 0.5) is 0 Å². The lowest BCUT2D eigenvalue weighted by Gasteiger charge is -2.21. The molecule has 0 saturated carbocycles.